The van der Waals surface area contributed by atoms with E-state index < -0.39 is 0 Å². The van der Waals surface area contributed by atoms with Gasteiger partial charge in [-0.2, -0.15) is 0 Å². The summed E-state index contributed by atoms with van der Waals surface area (Å²) in [4.78, 5) is 4.19. The molecule has 1 fully saturated rings. The van der Waals surface area contributed by atoms with Crippen LogP contribution < -0.4 is 5.32 Å². The van der Waals surface area contributed by atoms with Crippen LogP contribution in [0.25, 0.3) is 0 Å². The lowest BCUT2D eigenvalue weighted by molar-refractivity contribution is -0.102. The highest BCUT2D eigenvalue weighted by Crippen LogP contribution is 2.46. The molecular formula is C17H21N3O. The predicted molar refractivity (Wildman–Crippen MR) is 80.7 cm³/mol. The van der Waals surface area contributed by atoms with Crippen LogP contribution in [-0.2, 0) is 23.5 Å². The zero-order chi connectivity index (χ0) is 14.1. The highest BCUT2D eigenvalue weighted by atomic mass is 16.5. The molecule has 4 heteroatoms. The maximum absolute atomic E-state index is 6.45. The number of piperidine rings is 1. The van der Waals surface area contributed by atoms with Gasteiger partial charge in [0.2, 0.25) is 0 Å². The fourth-order valence-electron chi connectivity index (χ4n) is 3.88. The summed E-state index contributed by atoms with van der Waals surface area (Å²) in [5, 5.41) is 3.46. The number of nitrogens with zero attached hydrogens (tertiary/aromatic N) is 2. The predicted octanol–water partition coefficient (Wildman–Crippen LogP) is 2.31. The Morgan fingerprint density at radius 2 is 2.14 bits per heavy atom. The minimum absolute atomic E-state index is 0.195. The second kappa shape index (κ2) is 5.28. The Labute approximate surface area is 125 Å². The number of fused-ring (bicyclic) bond motifs is 1. The number of ether oxygens (including phenoxy) is 1. The van der Waals surface area contributed by atoms with Gasteiger partial charge in [0.05, 0.1) is 19.5 Å². The van der Waals surface area contributed by atoms with Crippen molar-refractivity contribution >= 4 is 0 Å². The van der Waals surface area contributed by atoms with Gasteiger partial charge in [0.15, 0.2) is 0 Å². The van der Waals surface area contributed by atoms with Gasteiger partial charge in [-0.15, -0.1) is 0 Å². The molecule has 0 amide bonds. The number of imidazole rings is 1. The highest BCUT2D eigenvalue weighted by Gasteiger charge is 2.46. The van der Waals surface area contributed by atoms with E-state index in [1.165, 1.54) is 24.0 Å². The van der Waals surface area contributed by atoms with Crippen molar-refractivity contribution in [2.45, 2.75) is 31.6 Å². The summed E-state index contributed by atoms with van der Waals surface area (Å²) in [7, 11) is 0. The van der Waals surface area contributed by atoms with Crippen LogP contribution >= 0.6 is 0 Å². The summed E-state index contributed by atoms with van der Waals surface area (Å²) in [6.45, 7) is 3.76. The van der Waals surface area contributed by atoms with Gasteiger partial charge >= 0.3 is 0 Å². The number of nitrogens with one attached hydrogen (secondary N) is 1. The smallest absolute Gasteiger partial charge is 0.115 e. The Bertz CT molecular complexity index is 604. The Morgan fingerprint density at radius 3 is 2.95 bits per heavy atom. The van der Waals surface area contributed by atoms with Crippen LogP contribution in [0.4, 0.5) is 0 Å². The molecule has 4 nitrogen and oxygen atoms in total. The molecule has 0 bridgehead atoms. The quantitative estimate of drug-likeness (QED) is 0.939. The van der Waals surface area contributed by atoms with Crippen molar-refractivity contribution in [2.24, 2.45) is 5.92 Å². The molecule has 2 aromatic rings. The molecule has 1 N–H and O–H groups in total. The third kappa shape index (κ3) is 2.19. The highest BCUT2D eigenvalue weighted by molar-refractivity contribution is 5.36. The third-order valence-electron chi connectivity index (χ3n) is 4.93. The van der Waals surface area contributed by atoms with Crippen LogP contribution in [0.3, 0.4) is 0 Å². The van der Waals surface area contributed by atoms with Crippen LogP contribution in [0, 0.1) is 5.92 Å². The molecule has 2 aliphatic rings. The molecule has 0 saturated carbocycles. The first kappa shape index (κ1) is 13.0. The van der Waals surface area contributed by atoms with E-state index in [1.807, 2.05) is 18.7 Å². The average Bonchev–Trinajstić information content (AvgIpc) is 3.18. The van der Waals surface area contributed by atoms with Gasteiger partial charge in [0.1, 0.15) is 5.60 Å². The number of hydrogen-bond donors (Lipinski definition) is 1. The SMILES string of the molecule is c1ccc2c(c1)COC2(Cn1ccnc1)C1CCNCC1. The van der Waals surface area contributed by atoms with Gasteiger partial charge in [-0.1, -0.05) is 24.3 Å². The first-order valence-electron chi connectivity index (χ1n) is 7.77. The Hall–Kier alpha value is -1.65. The molecule has 0 radical (unpaired) electrons. The van der Waals surface area contributed by atoms with Crippen LogP contribution in [-0.4, -0.2) is 22.6 Å². The van der Waals surface area contributed by atoms with Gasteiger partial charge in [-0.05, 0) is 43.0 Å². The normalized spacial score (nSPS) is 25.9. The molecule has 1 aromatic carbocycles. The van der Waals surface area contributed by atoms with E-state index in [1.54, 1.807) is 0 Å². The van der Waals surface area contributed by atoms with E-state index in [2.05, 4.69) is 39.1 Å². The maximum atomic E-state index is 6.45. The van der Waals surface area contributed by atoms with E-state index in [0.29, 0.717) is 5.92 Å². The monoisotopic (exact) mass is 283 g/mol. The van der Waals surface area contributed by atoms with Gasteiger partial charge in [0, 0.05) is 12.4 Å². The fourth-order valence-corrected chi connectivity index (χ4v) is 3.88. The fraction of sp³-hybridized carbons (Fsp3) is 0.471. The molecule has 1 unspecified atom stereocenters. The Kier molecular flexibility index (Phi) is 3.28. The number of rotatable bonds is 3. The van der Waals surface area contributed by atoms with Crippen molar-refractivity contribution in [1.82, 2.24) is 14.9 Å². The minimum Gasteiger partial charge on any atom is -0.363 e. The van der Waals surface area contributed by atoms with Gasteiger partial charge in [0.25, 0.3) is 0 Å². The largest absolute Gasteiger partial charge is 0.363 e. The topological polar surface area (TPSA) is 39.1 Å². The van der Waals surface area contributed by atoms with E-state index >= 15 is 0 Å². The number of aromatic nitrogens is 2. The summed E-state index contributed by atoms with van der Waals surface area (Å²) >= 11 is 0. The van der Waals surface area contributed by atoms with Crippen LogP contribution in [0.15, 0.2) is 43.0 Å². The van der Waals surface area contributed by atoms with Crippen molar-refractivity contribution in [2.75, 3.05) is 13.1 Å². The molecule has 0 aliphatic carbocycles. The zero-order valence-electron chi connectivity index (χ0n) is 12.2. The summed E-state index contributed by atoms with van der Waals surface area (Å²) in [6, 6.07) is 8.70. The van der Waals surface area contributed by atoms with Crippen LogP contribution in [0.5, 0.6) is 0 Å². The van der Waals surface area contributed by atoms with Gasteiger partial charge in [-0.3, -0.25) is 0 Å². The van der Waals surface area contributed by atoms with Gasteiger partial charge < -0.3 is 14.6 Å². The molecule has 2 aliphatic heterocycles. The second-order valence-corrected chi connectivity index (χ2v) is 6.09. The lowest BCUT2D eigenvalue weighted by atomic mass is 9.76. The third-order valence-corrected chi connectivity index (χ3v) is 4.93. The first-order valence-corrected chi connectivity index (χ1v) is 7.77. The van der Waals surface area contributed by atoms with Crippen molar-refractivity contribution < 1.29 is 4.74 Å². The van der Waals surface area contributed by atoms with E-state index in [4.69, 9.17) is 4.74 Å². The van der Waals surface area contributed by atoms with Crippen LogP contribution in [0.1, 0.15) is 24.0 Å². The molecular weight excluding hydrogens is 262 g/mol. The molecule has 4 rings (SSSR count). The summed E-state index contributed by atoms with van der Waals surface area (Å²) in [5.41, 5.74) is 2.53. The van der Waals surface area contributed by atoms with Crippen LogP contribution in [0.2, 0.25) is 0 Å². The molecule has 1 atom stereocenters. The van der Waals surface area contributed by atoms with Crippen molar-refractivity contribution in [1.29, 1.82) is 0 Å². The van der Waals surface area contributed by atoms with E-state index in [9.17, 15) is 0 Å². The summed E-state index contributed by atoms with van der Waals surface area (Å²) < 4.78 is 8.60. The first-order chi connectivity index (χ1) is 10.4. The molecule has 1 aromatic heterocycles. The minimum atomic E-state index is -0.195. The van der Waals surface area contributed by atoms with Gasteiger partial charge in [-0.25, -0.2) is 4.98 Å². The number of benzene rings is 1. The summed E-state index contributed by atoms with van der Waals surface area (Å²) in [6.07, 6.45) is 8.11. The molecule has 21 heavy (non-hydrogen) atoms. The second-order valence-electron chi connectivity index (χ2n) is 6.09. The van der Waals surface area contributed by atoms with Crippen molar-refractivity contribution in [3.63, 3.8) is 0 Å². The maximum Gasteiger partial charge on any atom is 0.115 e. The summed E-state index contributed by atoms with van der Waals surface area (Å²) in [5.74, 6) is 0.560. The molecule has 3 heterocycles. The molecule has 110 valence electrons. The standard InChI is InChI=1S/C17H21N3O/c1-2-4-16-14(3-1)11-21-17(16,12-20-10-9-19-13-20)15-5-7-18-8-6-15/h1-4,9-10,13,15,18H,5-8,11-12H2. The van der Waals surface area contributed by atoms with E-state index in [0.717, 1.165) is 26.2 Å². The Balaban J connectivity index is 1.75. The number of hydrogen-bond acceptors (Lipinski definition) is 3. The Morgan fingerprint density at radius 1 is 1.29 bits per heavy atom. The van der Waals surface area contributed by atoms with E-state index in [-0.39, 0.29) is 5.60 Å². The van der Waals surface area contributed by atoms with Crippen molar-refractivity contribution in [3.05, 3.63) is 54.1 Å². The average molecular weight is 283 g/mol. The lowest BCUT2D eigenvalue weighted by Gasteiger charge is -2.40. The molecule has 1 saturated heterocycles. The van der Waals surface area contributed by atoms with Crippen molar-refractivity contribution in [3.8, 4) is 0 Å². The zero-order valence-corrected chi connectivity index (χ0v) is 12.2. The lowest BCUT2D eigenvalue weighted by Crippen LogP contribution is -2.44. The molecule has 0 spiro atoms.